The monoisotopic (exact) mass is 328 g/mol. The molecular weight excluding hydrogens is 311 g/mol. The zero-order valence-electron chi connectivity index (χ0n) is 13.1. The van der Waals surface area contributed by atoms with Crippen molar-refractivity contribution in [2.45, 2.75) is 0 Å². The molecule has 124 valence electrons. The van der Waals surface area contributed by atoms with E-state index in [2.05, 4.69) is 15.3 Å². The molecule has 0 radical (unpaired) electrons. The van der Waals surface area contributed by atoms with Crippen LogP contribution in [-0.2, 0) is 4.74 Å². The summed E-state index contributed by atoms with van der Waals surface area (Å²) in [5.74, 6) is -0.858. The van der Waals surface area contributed by atoms with Gasteiger partial charge in [-0.25, -0.2) is 9.37 Å². The number of carbonyl (C=O) groups is 1. The molecule has 1 amide bonds. The minimum atomic E-state index is -0.808. The molecule has 0 aliphatic carbocycles. The van der Waals surface area contributed by atoms with Gasteiger partial charge in [0.25, 0.3) is 5.91 Å². The number of aromatic nitrogens is 2. The average Bonchev–Trinajstić information content (AvgIpc) is 3.02. The van der Waals surface area contributed by atoms with Gasteiger partial charge in [-0.05, 0) is 29.3 Å². The Balaban J connectivity index is 2.17. The number of primary amides is 1. The van der Waals surface area contributed by atoms with Crippen molar-refractivity contribution in [3.8, 4) is 11.1 Å². The molecule has 0 atom stereocenters. The molecule has 24 heavy (non-hydrogen) atoms. The molecule has 0 saturated heterocycles. The van der Waals surface area contributed by atoms with Gasteiger partial charge in [0.15, 0.2) is 0 Å². The summed E-state index contributed by atoms with van der Waals surface area (Å²) in [5, 5.41) is 3.91. The van der Waals surface area contributed by atoms with Gasteiger partial charge in [-0.1, -0.05) is 12.1 Å². The lowest BCUT2D eigenvalue weighted by Gasteiger charge is -2.12. The number of hydrogen-bond acceptors (Lipinski definition) is 4. The summed E-state index contributed by atoms with van der Waals surface area (Å²) in [4.78, 5) is 19.2. The first-order valence-electron chi connectivity index (χ1n) is 7.41. The van der Waals surface area contributed by atoms with Crippen LogP contribution >= 0.6 is 0 Å². The molecule has 0 saturated carbocycles. The smallest absolute Gasteiger partial charge is 0.252 e. The van der Waals surface area contributed by atoms with E-state index < -0.39 is 11.7 Å². The minimum absolute atomic E-state index is 0.131. The lowest BCUT2D eigenvalue weighted by molar-refractivity contribution is 0.0997. The number of halogens is 1. The SMILES string of the molecule is COCCNc1cc(-c2cccc(F)c2C(N)=O)c2cc[nH]c2n1. The maximum Gasteiger partial charge on any atom is 0.252 e. The summed E-state index contributed by atoms with van der Waals surface area (Å²) in [6.45, 7) is 1.09. The summed E-state index contributed by atoms with van der Waals surface area (Å²) in [5.41, 5.74) is 6.98. The van der Waals surface area contributed by atoms with Gasteiger partial charge < -0.3 is 20.8 Å². The van der Waals surface area contributed by atoms with Gasteiger partial charge in [-0.2, -0.15) is 0 Å². The zero-order chi connectivity index (χ0) is 17.1. The molecule has 0 spiro atoms. The van der Waals surface area contributed by atoms with E-state index in [1.165, 1.54) is 6.07 Å². The molecule has 0 bridgehead atoms. The van der Waals surface area contributed by atoms with Crippen LogP contribution < -0.4 is 11.1 Å². The fraction of sp³-hybridized carbons (Fsp3) is 0.176. The summed E-state index contributed by atoms with van der Waals surface area (Å²) < 4.78 is 19.1. The molecule has 0 aliphatic heterocycles. The van der Waals surface area contributed by atoms with Crippen molar-refractivity contribution in [2.75, 3.05) is 25.6 Å². The fourth-order valence-corrected chi connectivity index (χ4v) is 2.63. The van der Waals surface area contributed by atoms with Gasteiger partial charge in [-0.15, -0.1) is 0 Å². The lowest BCUT2D eigenvalue weighted by atomic mass is 9.97. The molecule has 3 aromatic rings. The van der Waals surface area contributed by atoms with Crippen molar-refractivity contribution < 1.29 is 13.9 Å². The van der Waals surface area contributed by atoms with Crippen LogP contribution in [0.2, 0.25) is 0 Å². The van der Waals surface area contributed by atoms with Crippen molar-refractivity contribution >= 4 is 22.8 Å². The number of ether oxygens (including phenoxy) is 1. The Bertz CT molecular complexity index is 891. The first-order chi connectivity index (χ1) is 11.6. The normalized spacial score (nSPS) is 10.9. The van der Waals surface area contributed by atoms with Gasteiger partial charge in [0.05, 0.1) is 12.2 Å². The van der Waals surface area contributed by atoms with Gasteiger partial charge in [0.2, 0.25) is 0 Å². The molecule has 0 fully saturated rings. The third-order valence-electron chi connectivity index (χ3n) is 3.69. The number of anilines is 1. The first-order valence-corrected chi connectivity index (χ1v) is 7.41. The molecule has 0 unspecified atom stereocenters. The summed E-state index contributed by atoms with van der Waals surface area (Å²) in [7, 11) is 1.61. The number of amides is 1. The molecule has 0 aliphatic rings. The summed E-state index contributed by atoms with van der Waals surface area (Å²) >= 11 is 0. The highest BCUT2D eigenvalue weighted by atomic mass is 19.1. The highest BCUT2D eigenvalue weighted by molar-refractivity contribution is 6.05. The predicted molar refractivity (Wildman–Crippen MR) is 90.4 cm³/mol. The van der Waals surface area contributed by atoms with Crippen LogP contribution in [-0.4, -0.2) is 36.1 Å². The van der Waals surface area contributed by atoms with Crippen molar-refractivity contribution in [1.29, 1.82) is 0 Å². The van der Waals surface area contributed by atoms with E-state index in [0.29, 0.717) is 35.7 Å². The maximum absolute atomic E-state index is 14.1. The van der Waals surface area contributed by atoms with Crippen molar-refractivity contribution in [3.05, 3.63) is 47.9 Å². The van der Waals surface area contributed by atoms with Crippen molar-refractivity contribution in [3.63, 3.8) is 0 Å². The van der Waals surface area contributed by atoms with E-state index in [9.17, 15) is 9.18 Å². The van der Waals surface area contributed by atoms with Gasteiger partial charge >= 0.3 is 0 Å². The van der Waals surface area contributed by atoms with Crippen molar-refractivity contribution in [1.82, 2.24) is 9.97 Å². The number of nitrogens with zero attached hydrogens (tertiary/aromatic N) is 1. The van der Waals surface area contributed by atoms with Crippen LogP contribution in [0.5, 0.6) is 0 Å². The number of benzene rings is 1. The first kappa shape index (κ1) is 15.9. The Kier molecular flexibility index (Phi) is 4.43. The number of nitrogens with one attached hydrogen (secondary N) is 2. The molecule has 2 heterocycles. The molecular formula is C17H17FN4O2. The Hall–Kier alpha value is -2.93. The number of H-pyrrole nitrogens is 1. The maximum atomic E-state index is 14.1. The molecule has 2 aromatic heterocycles. The highest BCUT2D eigenvalue weighted by Gasteiger charge is 2.18. The highest BCUT2D eigenvalue weighted by Crippen LogP contribution is 2.33. The Morgan fingerprint density at radius 2 is 2.21 bits per heavy atom. The van der Waals surface area contributed by atoms with Crippen LogP contribution in [0.3, 0.4) is 0 Å². The molecule has 7 heteroatoms. The van der Waals surface area contributed by atoms with Gasteiger partial charge in [-0.3, -0.25) is 4.79 Å². The second-order valence-corrected chi connectivity index (χ2v) is 5.24. The molecule has 3 rings (SSSR count). The van der Waals surface area contributed by atoms with E-state index in [1.807, 2.05) is 6.07 Å². The number of methoxy groups -OCH3 is 1. The molecule has 6 nitrogen and oxygen atoms in total. The Morgan fingerprint density at radius 1 is 1.38 bits per heavy atom. The third-order valence-corrected chi connectivity index (χ3v) is 3.69. The number of fused-ring (bicyclic) bond motifs is 1. The van der Waals surface area contributed by atoms with Crippen LogP contribution in [0.1, 0.15) is 10.4 Å². The van der Waals surface area contributed by atoms with Crippen LogP contribution in [0.25, 0.3) is 22.2 Å². The second-order valence-electron chi connectivity index (χ2n) is 5.24. The van der Waals surface area contributed by atoms with Gasteiger partial charge in [0.1, 0.15) is 17.3 Å². The van der Waals surface area contributed by atoms with Crippen LogP contribution in [0.4, 0.5) is 10.2 Å². The van der Waals surface area contributed by atoms with Crippen LogP contribution in [0.15, 0.2) is 36.5 Å². The van der Waals surface area contributed by atoms with E-state index in [-0.39, 0.29) is 5.56 Å². The minimum Gasteiger partial charge on any atom is -0.383 e. The topological polar surface area (TPSA) is 93.0 Å². The average molecular weight is 328 g/mol. The van der Waals surface area contributed by atoms with Gasteiger partial charge in [0, 0.05) is 25.2 Å². The van der Waals surface area contributed by atoms with E-state index in [4.69, 9.17) is 10.5 Å². The quantitative estimate of drug-likeness (QED) is 0.606. The zero-order valence-corrected chi connectivity index (χ0v) is 13.1. The van der Waals surface area contributed by atoms with Crippen LogP contribution in [0, 0.1) is 5.82 Å². The number of hydrogen-bond donors (Lipinski definition) is 3. The number of aromatic amines is 1. The van der Waals surface area contributed by atoms with E-state index in [1.54, 1.807) is 31.5 Å². The fourth-order valence-electron chi connectivity index (χ4n) is 2.63. The van der Waals surface area contributed by atoms with E-state index >= 15 is 0 Å². The number of carbonyl (C=O) groups excluding carboxylic acids is 1. The standard InChI is InChI=1S/C17H17FN4O2/c1-24-8-7-20-14-9-12(11-5-6-21-17(11)22-14)10-3-2-4-13(18)15(10)16(19)23/h2-6,9H,7-8H2,1H3,(H2,19,23)(H2,20,21,22). The number of rotatable bonds is 6. The Morgan fingerprint density at radius 3 is 2.96 bits per heavy atom. The molecule has 1 aromatic carbocycles. The molecule has 4 N–H and O–H groups in total. The van der Waals surface area contributed by atoms with Crippen molar-refractivity contribution in [2.24, 2.45) is 5.73 Å². The Labute approximate surface area is 137 Å². The third kappa shape index (κ3) is 2.93. The predicted octanol–water partition coefficient (Wildman–Crippen LogP) is 2.53. The largest absolute Gasteiger partial charge is 0.383 e. The van der Waals surface area contributed by atoms with E-state index in [0.717, 1.165) is 5.39 Å². The second kappa shape index (κ2) is 6.67. The number of pyridine rings is 1. The lowest BCUT2D eigenvalue weighted by Crippen LogP contribution is -2.15. The number of nitrogens with two attached hydrogens (primary N) is 1. The summed E-state index contributed by atoms with van der Waals surface area (Å²) in [6.07, 6.45) is 1.74. The summed E-state index contributed by atoms with van der Waals surface area (Å²) in [6, 6.07) is 8.04.